The SMILES string of the molecule is CC[C@H](NC(=O)C(C)(C)C)C(C)=O. The average Bonchev–Trinajstić information content (AvgIpc) is 1.96. The van der Waals surface area contributed by atoms with Gasteiger partial charge in [-0.2, -0.15) is 0 Å². The minimum atomic E-state index is -0.428. The van der Waals surface area contributed by atoms with Crippen LogP contribution in [0.15, 0.2) is 0 Å². The first-order chi connectivity index (χ1) is 5.79. The molecular formula is C10H19NO2. The molecule has 0 heterocycles. The minimum absolute atomic E-state index is 0.0140. The quantitative estimate of drug-likeness (QED) is 0.724. The molecule has 76 valence electrons. The van der Waals surface area contributed by atoms with Crippen LogP contribution in [0.1, 0.15) is 41.0 Å². The number of hydrogen-bond acceptors (Lipinski definition) is 2. The van der Waals surface area contributed by atoms with Gasteiger partial charge in [-0.25, -0.2) is 0 Å². The van der Waals surface area contributed by atoms with Crippen molar-refractivity contribution in [2.45, 2.75) is 47.1 Å². The highest BCUT2D eigenvalue weighted by Crippen LogP contribution is 2.13. The van der Waals surface area contributed by atoms with Crippen LogP contribution in [0.25, 0.3) is 0 Å². The van der Waals surface area contributed by atoms with E-state index in [0.717, 1.165) is 0 Å². The van der Waals surface area contributed by atoms with Gasteiger partial charge in [-0.3, -0.25) is 9.59 Å². The minimum Gasteiger partial charge on any atom is -0.346 e. The Morgan fingerprint density at radius 3 is 2.00 bits per heavy atom. The third kappa shape index (κ3) is 4.06. The third-order valence-electron chi connectivity index (χ3n) is 1.89. The summed E-state index contributed by atoms with van der Waals surface area (Å²) >= 11 is 0. The molecule has 0 aliphatic carbocycles. The van der Waals surface area contributed by atoms with Crippen molar-refractivity contribution in [1.82, 2.24) is 5.32 Å². The van der Waals surface area contributed by atoms with Gasteiger partial charge in [0.2, 0.25) is 5.91 Å². The van der Waals surface area contributed by atoms with Crippen molar-refractivity contribution in [3.63, 3.8) is 0 Å². The Labute approximate surface area is 79.9 Å². The van der Waals surface area contributed by atoms with Gasteiger partial charge in [0.15, 0.2) is 5.78 Å². The third-order valence-corrected chi connectivity index (χ3v) is 1.89. The lowest BCUT2D eigenvalue weighted by atomic mass is 9.95. The Balaban J connectivity index is 4.26. The molecule has 3 nitrogen and oxygen atoms in total. The summed E-state index contributed by atoms with van der Waals surface area (Å²) in [5.74, 6) is -0.0605. The number of Topliss-reactive ketones (excluding diaryl/α,β-unsaturated/α-hetero) is 1. The zero-order valence-electron chi connectivity index (χ0n) is 9.10. The van der Waals surface area contributed by atoms with E-state index in [0.29, 0.717) is 6.42 Å². The molecule has 0 aromatic heterocycles. The van der Waals surface area contributed by atoms with E-state index in [9.17, 15) is 9.59 Å². The maximum atomic E-state index is 11.5. The highest BCUT2D eigenvalue weighted by Gasteiger charge is 2.24. The van der Waals surface area contributed by atoms with Gasteiger partial charge in [0, 0.05) is 5.41 Å². The molecule has 13 heavy (non-hydrogen) atoms. The van der Waals surface area contributed by atoms with Crippen LogP contribution in [0.5, 0.6) is 0 Å². The van der Waals surface area contributed by atoms with Crippen LogP contribution in [0.3, 0.4) is 0 Å². The van der Waals surface area contributed by atoms with Crippen molar-refractivity contribution in [2.24, 2.45) is 5.41 Å². The molecule has 0 aliphatic heterocycles. The molecule has 0 saturated heterocycles. The van der Waals surface area contributed by atoms with E-state index in [2.05, 4.69) is 5.32 Å². The van der Waals surface area contributed by atoms with Crippen LogP contribution >= 0.6 is 0 Å². The Hall–Kier alpha value is -0.860. The zero-order valence-corrected chi connectivity index (χ0v) is 9.10. The topological polar surface area (TPSA) is 46.2 Å². The van der Waals surface area contributed by atoms with Crippen LogP contribution < -0.4 is 5.32 Å². The van der Waals surface area contributed by atoms with Crippen LogP contribution in [-0.2, 0) is 9.59 Å². The van der Waals surface area contributed by atoms with Gasteiger partial charge < -0.3 is 5.32 Å². The summed E-state index contributed by atoms with van der Waals surface area (Å²) in [7, 11) is 0. The summed E-state index contributed by atoms with van der Waals surface area (Å²) in [5.41, 5.74) is -0.428. The Morgan fingerprint density at radius 1 is 1.31 bits per heavy atom. The van der Waals surface area contributed by atoms with Gasteiger partial charge in [-0.05, 0) is 13.3 Å². The van der Waals surface area contributed by atoms with Gasteiger partial charge in [0.1, 0.15) is 0 Å². The fourth-order valence-electron chi connectivity index (χ4n) is 0.866. The number of hydrogen-bond donors (Lipinski definition) is 1. The van der Waals surface area contributed by atoms with Gasteiger partial charge in [-0.1, -0.05) is 27.7 Å². The first-order valence-corrected chi connectivity index (χ1v) is 4.60. The molecule has 1 amide bonds. The largest absolute Gasteiger partial charge is 0.346 e. The fraction of sp³-hybridized carbons (Fsp3) is 0.800. The molecule has 0 radical (unpaired) electrons. The maximum absolute atomic E-state index is 11.5. The molecule has 0 aromatic carbocycles. The first kappa shape index (κ1) is 12.1. The Kier molecular flexibility index (Phi) is 4.11. The van der Waals surface area contributed by atoms with Crippen LogP contribution in [0, 0.1) is 5.41 Å². The summed E-state index contributed by atoms with van der Waals surface area (Å²) in [4.78, 5) is 22.5. The first-order valence-electron chi connectivity index (χ1n) is 4.60. The number of carbonyl (C=O) groups excluding carboxylic acids is 2. The molecule has 0 unspecified atom stereocenters. The molecular weight excluding hydrogens is 166 g/mol. The predicted molar refractivity (Wildman–Crippen MR) is 52.4 cm³/mol. The second-order valence-electron chi connectivity index (χ2n) is 4.29. The number of nitrogens with one attached hydrogen (secondary N) is 1. The molecule has 0 saturated carbocycles. The number of carbonyl (C=O) groups is 2. The normalized spacial score (nSPS) is 13.6. The van der Waals surface area contributed by atoms with E-state index in [1.807, 2.05) is 27.7 Å². The van der Waals surface area contributed by atoms with Crippen molar-refractivity contribution in [3.05, 3.63) is 0 Å². The second kappa shape index (κ2) is 4.40. The Morgan fingerprint density at radius 2 is 1.77 bits per heavy atom. The van der Waals surface area contributed by atoms with Gasteiger partial charge in [-0.15, -0.1) is 0 Å². The average molecular weight is 185 g/mol. The summed E-state index contributed by atoms with van der Waals surface area (Å²) in [6.07, 6.45) is 0.650. The standard InChI is InChI=1S/C10H19NO2/c1-6-8(7(2)12)11-9(13)10(3,4)5/h8H,6H2,1-5H3,(H,11,13)/t8-/m0/s1. The van der Waals surface area contributed by atoms with Crippen molar-refractivity contribution < 1.29 is 9.59 Å². The molecule has 0 aliphatic rings. The molecule has 0 aromatic rings. The summed E-state index contributed by atoms with van der Waals surface area (Å²) in [6, 6.07) is -0.327. The molecule has 1 N–H and O–H groups in total. The molecule has 0 spiro atoms. The van der Waals surface area contributed by atoms with E-state index < -0.39 is 5.41 Å². The molecule has 0 rings (SSSR count). The highest BCUT2D eigenvalue weighted by molar-refractivity contribution is 5.89. The van der Waals surface area contributed by atoms with Crippen LogP contribution in [-0.4, -0.2) is 17.7 Å². The molecule has 0 bridgehead atoms. The zero-order chi connectivity index (χ0) is 10.6. The van der Waals surface area contributed by atoms with Crippen LogP contribution in [0.2, 0.25) is 0 Å². The lowest BCUT2D eigenvalue weighted by Gasteiger charge is -2.21. The molecule has 0 fully saturated rings. The van der Waals surface area contributed by atoms with E-state index in [1.165, 1.54) is 6.92 Å². The number of amides is 1. The van der Waals surface area contributed by atoms with Gasteiger partial charge in [0.25, 0.3) is 0 Å². The van der Waals surface area contributed by atoms with Crippen molar-refractivity contribution in [3.8, 4) is 0 Å². The monoisotopic (exact) mass is 185 g/mol. The van der Waals surface area contributed by atoms with Crippen molar-refractivity contribution in [2.75, 3.05) is 0 Å². The Bertz CT molecular complexity index is 203. The van der Waals surface area contributed by atoms with E-state index in [1.54, 1.807) is 0 Å². The second-order valence-corrected chi connectivity index (χ2v) is 4.29. The lowest BCUT2D eigenvalue weighted by Crippen LogP contribution is -2.44. The van der Waals surface area contributed by atoms with Crippen molar-refractivity contribution >= 4 is 11.7 Å². The number of ketones is 1. The summed E-state index contributed by atoms with van der Waals surface area (Å²) < 4.78 is 0. The smallest absolute Gasteiger partial charge is 0.225 e. The maximum Gasteiger partial charge on any atom is 0.225 e. The lowest BCUT2D eigenvalue weighted by molar-refractivity contribution is -0.132. The van der Waals surface area contributed by atoms with Crippen molar-refractivity contribution in [1.29, 1.82) is 0 Å². The van der Waals surface area contributed by atoms with E-state index in [4.69, 9.17) is 0 Å². The fourth-order valence-corrected chi connectivity index (χ4v) is 0.866. The van der Waals surface area contributed by atoms with Gasteiger partial charge in [0.05, 0.1) is 6.04 Å². The van der Waals surface area contributed by atoms with E-state index in [-0.39, 0.29) is 17.7 Å². The molecule has 1 atom stereocenters. The van der Waals surface area contributed by atoms with Gasteiger partial charge >= 0.3 is 0 Å². The van der Waals surface area contributed by atoms with Crippen LogP contribution in [0.4, 0.5) is 0 Å². The predicted octanol–water partition coefficient (Wildman–Crippen LogP) is 1.52. The number of rotatable bonds is 3. The summed E-state index contributed by atoms with van der Waals surface area (Å²) in [5, 5.41) is 2.72. The summed E-state index contributed by atoms with van der Waals surface area (Å²) in [6.45, 7) is 8.87. The molecule has 3 heteroatoms. The highest BCUT2D eigenvalue weighted by atomic mass is 16.2. The van der Waals surface area contributed by atoms with E-state index >= 15 is 0 Å².